The first kappa shape index (κ1) is 10.4. The number of rotatable bonds is 4. The van der Waals surface area contributed by atoms with Crippen LogP contribution in [0.2, 0.25) is 0 Å². The molecule has 0 bridgehead atoms. The van der Waals surface area contributed by atoms with Gasteiger partial charge in [0.25, 0.3) is 0 Å². The Labute approximate surface area is 87.4 Å². The second kappa shape index (κ2) is 5.13. The van der Waals surface area contributed by atoms with Crippen LogP contribution in [0.4, 0.5) is 0 Å². The van der Waals surface area contributed by atoms with Crippen molar-refractivity contribution in [1.82, 2.24) is 5.32 Å². The molecule has 2 nitrogen and oxygen atoms in total. The largest absolute Gasteiger partial charge is 0.380 e. The van der Waals surface area contributed by atoms with Crippen molar-refractivity contribution in [2.24, 2.45) is 5.92 Å². The molecule has 1 aliphatic heterocycles. The molecule has 3 unspecified atom stereocenters. The summed E-state index contributed by atoms with van der Waals surface area (Å²) in [6.45, 7) is 4.02. The van der Waals surface area contributed by atoms with Crippen molar-refractivity contribution < 1.29 is 4.74 Å². The molecule has 0 aromatic carbocycles. The maximum absolute atomic E-state index is 5.61. The van der Waals surface area contributed by atoms with Gasteiger partial charge >= 0.3 is 0 Å². The molecular formula is C12H23NO. The first-order valence-electron chi connectivity index (χ1n) is 6.24. The summed E-state index contributed by atoms with van der Waals surface area (Å²) in [6.07, 6.45) is 8.18. The highest BCUT2D eigenvalue weighted by Gasteiger charge is 2.32. The van der Waals surface area contributed by atoms with Gasteiger partial charge in [0.1, 0.15) is 0 Å². The van der Waals surface area contributed by atoms with Gasteiger partial charge in [-0.2, -0.15) is 0 Å². The lowest BCUT2D eigenvalue weighted by atomic mass is 9.90. The molecule has 1 N–H and O–H groups in total. The highest BCUT2D eigenvalue weighted by molar-refractivity contribution is 4.90. The third kappa shape index (κ3) is 2.48. The Morgan fingerprint density at radius 2 is 2.14 bits per heavy atom. The molecule has 82 valence electrons. The lowest BCUT2D eigenvalue weighted by Crippen LogP contribution is -2.47. The van der Waals surface area contributed by atoms with Gasteiger partial charge in [-0.05, 0) is 38.0 Å². The monoisotopic (exact) mass is 197 g/mol. The predicted molar refractivity (Wildman–Crippen MR) is 58.4 cm³/mol. The molecule has 3 atom stereocenters. The van der Waals surface area contributed by atoms with Crippen molar-refractivity contribution in [2.75, 3.05) is 13.2 Å². The highest BCUT2D eigenvalue weighted by atomic mass is 16.5. The topological polar surface area (TPSA) is 21.3 Å². The fourth-order valence-electron chi connectivity index (χ4n) is 2.90. The number of nitrogens with one attached hydrogen (secondary N) is 1. The summed E-state index contributed by atoms with van der Waals surface area (Å²) >= 11 is 0. The molecule has 2 heteroatoms. The number of hydrogen-bond donors (Lipinski definition) is 1. The Hall–Kier alpha value is -0.0800. The van der Waals surface area contributed by atoms with Crippen LogP contribution in [0.1, 0.15) is 45.4 Å². The van der Waals surface area contributed by atoms with Gasteiger partial charge in [0.15, 0.2) is 0 Å². The van der Waals surface area contributed by atoms with Crippen molar-refractivity contribution in [3.63, 3.8) is 0 Å². The first-order valence-corrected chi connectivity index (χ1v) is 6.24. The lowest BCUT2D eigenvalue weighted by molar-refractivity contribution is 0.0894. The smallest absolute Gasteiger partial charge is 0.0619 e. The van der Waals surface area contributed by atoms with E-state index in [9.17, 15) is 0 Å². The van der Waals surface area contributed by atoms with E-state index >= 15 is 0 Å². The summed E-state index contributed by atoms with van der Waals surface area (Å²) in [5.41, 5.74) is 0. The van der Waals surface area contributed by atoms with Crippen LogP contribution in [0, 0.1) is 5.92 Å². The molecule has 2 rings (SSSR count). The van der Waals surface area contributed by atoms with Gasteiger partial charge in [0.2, 0.25) is 0 Å². The van der Waals surface area contributed by atoms with E-state index in [-0.39, 0.29) is 0 Å². The second-order valence-electron chi connectivity index (χ2n) is 4.81. The van der Waals surface area contributed by atoms with Gasteiger partial charge in [0, 0.05) is 18.7 Å². The molecular weight excluding hydrogens is 174 g/mol. The molecule has 0 radical (unpaired) electrons. The lowest BCUT2D eigenvalue weighted by Gasteiger charge is -2.33. The van der Waals surface area contributed by atoms with E-state index in [0.717, 1.165) is 31.6 Å². The van der Waals surface area contributed by atoms with Gasteiger partial charge in [0.05, 0.1) is 6.61 Å². The molecule has 1 heterocycles. The number of piperidine rings is 1. The zero-order chi connectivity index (χ0) is 9.80. The Kier molecular flexibility index (Phi) is 3.82. The Bertz CT molecular complexity index is 172. The molecule has 14 heavy (non-hydrogen) atoms. The first-order chi connectivity index (χ1) is 6.90. The maximum Gasteiger partial charge on any atom is 0.0619 e. The standard InChI is InChI=1S/C12H23NO/c1-2-8-14-9-11-7-6-10-4-3-5-12(10)13-11/h10-13H,2-9H2,1H3. The average Bonchev–Trinajstić information content (AvgIpc) is 2.65. The van der Waals surface area contributed by atoms with E-state index in [4.69, 9.17) is 4.74 Å². The zero-order valence-electron chi connectivity index (χ0n) is 9.30. The van der Waals surface area contributed by atoms with Crippen molar-refractivity contribution in [3.8, 4) is 0 Å². The summed E-state index contributed by atoms with van der Waals surface area (Å²) in [5, 5.41) is 3.75. The minimum absolute atomic E-state index is 0.640. The van der Waals surface area contributed by atoms with Crippen molar-refractivity contribution in [2.45, 2.75) is 57.5 Å². The van der Waals surface area contributed by atoms with Crippen LogP contribution in [-0.4, -0.2) is 25.3 Å². The average molecular weight is 197 g/mol. The van der Waals surface area contributed by atoms with Crippen LogP contribution in [-0.2, 0) is 4.74 Å². The molecule has 0 aromatic rings. The summed E-state index contributed by atoms with van der Waals surface area (Å²) in [4.78, 5) is 0. The van der Waals surface area contributed by atoms with E-state index in [1.165, 1.54) is 32.1 Å². The van der Waals surface area contributed by atoms with Crippen LogP contribution in [0.15, 0.2) is 0 Å². The summed E-state index contributed by atoms with van der Waals surface area (Å²) in [5.74, 6) is 0.984. The predicted octanol–water partition coefficient (Wildman–Crippen LogP) is 2.33. The van der Waals surface area contributed by atoms with Gasteiger partial charge in [-0.3, -0.25) is 0 Å². The van der Waals surface area contributed by atoms with E-state index < -0.39 is 0 Å². The quantitative estimate of drug-likeness (QED) is 0.698. The Morgan fingerprint density at radius 3 is 3.00 bits per heavy atom. The fourth-order valence-corrected chi connectivity index (χ4v) is 2.90. The number of hydrogen-bond acceptors (Lipinski definition) is 2. The number of ether oxygens (including phenoxy) is 1. The molecule has 0 spiro atoms. The van der Waals surface area contributed by atoms with Crippen LogP contribution in [0.3, 0.4) is 0 Å². The van der Waals surface area contributed by atoms with E-state index in [2.05, 4.69) is 12.2 Å². The van der Waals surface area contributed by atoms with E-state index in [1.807, 2.05) is 0 Å². The van der Waals surface area contributed by atoms with Crippen LogP contribution in [0.5, 0.6) is 0 Å². The minimum atomic E-state index is 0.640. The fraction of sp³-hybridized carbons (Fsp3) is 1.00. The highest BCUT2D eigenvalue weighted by Crippen LogP contribution is 2.33. The summed E-state index contributed by atoms with van der Waals surface area (Å²) in [7, 11) is 0. The molecule has 2 fully saturated rings. The summed E-state index contributed by atoms with van der Waals surface area (Å²) < 4.78 is 5.61. The van der Waals surface area contributed by atoms with E-state index in [0.29, 0.717) is 6.04 Å². The second-order valence-corrected chi connectivity index (χ2v) is 4.81. The molecule has 1 saturated heterocycles. The molecule has 0 amide bonds. The van der Waals surface area contributed by atoms with Crippen molar-refractivity contribution >= 4 is 0 Å². The maximum atomic E-state index is 5.61. The van der Waals surface area contributed by atoms with E-state index in [1.54, 1.807) is 0 Å². The summed E-state index contributed by atoms with van der Waals surface area (Å²) in [6, 6.07) is 1.46. The van der Waals surface area contributed by atoms with Crippen LogP contribution in [0.25, 0.3) is 0 Å². The SMILES string of the molecule is CCCOCC1CCC2CCCC2N1. The van der Waals surface area contributed by atoms with Gasteiger partial charge in [-0.1, -0.05) is 13.3 Å². The number of fused-ring (bicyclic) bond motifs is 1. The van der Waals surface area contributed by atoms with Crippen LogP contribution >= 0.6 is 0 Å². The van der Waals surface area contributed by atoms with Gasteiger partial charge < -0.3 is 10.1 Å². The van der Waals surface area contributed by atoms with Crippen molar-refractivity contribution in [1.29, 1.82) is 0 Å². The molecule has 1 aliphatic carbocycles. The minimum Gasteiger partial charge on any atom is -0.380 e. The molecule has 0 aromatic heterocycles. The Balaban J connectivity index is 1.69. The van der Waals surface area contributed by atoms with Crippen LogP contribution < -0.4 is 5.32 Å². The molecule has 2 aliphatic rings. The van der Waals surface area contributed by atoms with Gasteiger partial charge in [-0.25, -0.2) is 0 Å². The Morgan fingerprint density at radius 1 is 1.21 bits per heavy atom. The van der Waals surface area contributed by atoms with Crippen molar-refractivity contribution in [3.05, 3.63) is 0 Å². The zero-order valence-corrected chi connectivity index (χ0v) is 9.30. The van der Waals surface area contributed by atoms with Gasteiger partial charge in [-0.15, -0.1) is 0 Å². The third-order valence-electron chi connectivity index (χ3n) is 3.66. The molecule has 1 saturated carbocycles. The third-order valence-corrected chi connectivity index (χ3v) is 3.66. The normalized spacial score (nSPS) is 37.1.